The lowest BCUT2D eigenvalue weighted by Gasteiger charge is -2.06. The molecule has 0 aliphatic rings. The molecule has 2 heterocycles. The minimum atomic E-state index is 0.550. The number of nitrogens with zero attached hydrogens (tertiary/aromatic N) is 3. The summed E-state index contributed by atoms with van der Waals surface area (Å²) in [4.78, 5) is 12.4. The molecule has 3 nitrogen and oxygen atoms in total. The van der Waals surface area contributed by atoms with E-state index < -0.39 is 0 Å². The molecule has 2 aromatic heterocycles. The molecule has 0 N–H and O–H groups in total. The summed E-state index contributed by atoms with van der Waals surface area (Å²) in [5.74, 6) is 0.594. The highest BCUT2D eigenvalue weighted by molar-refractivity contribution is 7.98. The van der Waals surface area contributed by atoms with Crippen LogP contribution in [0, 0.1) is 6.92 Å². The molecular formula is C11H9Cl2N3S2. The van der Waals surface area contributed by atoms with Crippen molar-refractivity contribution >= 4 is 47.6 Å². The number of halogens is 2. The molecule has 0 spiro atoms. The summed E-state index contributed by atoms with van der Waals surface area (Å²) < 4.78 is 0. The van der Waals surface area contributed by atoms with Gasteiger partial charge in [-0.25, -0.2) is 9.97 Å². The fourth-order valence-electron chi connectivity index (χ4n) is 1.30. The Hall–Kier alpha value is -0.490. The van der Waals surface area contributed by atoms with E-state index in [0.717, 1.165) is 11.3 Å². The van der Waals surface area contributed by atoms with E-state index >= 15 is 0 Å². The first-order valence-electron chi connectivity index (χ1n) is 5.01. The molecule has 2 aromatic rings. The topological polar surface area (TPSA) is 38.7 Å². The summed E-state index contributed by atoms with van der Waals surface area (Å²) in [6.07, 6.45) is 3.15. The summed E-state index contributed by atoms with van der Waals surface area (Å²) in [6.45, 7) is 1.90. The average Bonchev–Trinajstić information content (AvgIpc) is 2.27. The average molecular weight is 318 g/mol. The van der Waals surface area contributed by atoms with Gasteiger partial charge in [-0.05, 0) is 13.0 Å². The second-order valence-electron chi connectivity index (χ2n) is 3.52. The van der Waals surface area contributed by atoms with Crippen LogP contribution in [0.1, 0.15) is 11.3 Å². The van der Waals surface area contributed by atoms with Gasteiger partial charge < -0.3 is 0 Å². The van der Waals surface area contributed by atoms with Crippen molar-refractivity contribution in [3.05, 3.63) is 39.8 Å². The maximum Gasteiger partial charge on any atom is 0.189 e. The Bertz CT molecular complexity index is 538. The molecule has 0 radical (unpaired) electrons. The van der Waals surface area contributed by atoms with Gasteiger partial charge in [-0.2, -0.15) is 0 Å². The standard InChI is InChI=1S/C11H9Cl2N3S2/c1-6-2-10(17)16-11(15-6)18-5-7-8(12)3-14-4-9(7)13/h2-4H,5H2,1H3,(H,15,16,17). The first kappa shape index (κ1) is 13.9. The molecule has 0 aliphatic heterocycles. The summed E-state index contributed by atoms with van der Waals surface area (Å²) in [7, 11) is 0. The molecule has 94 valence electrons. The van der Waals surface area contributed by atoms with Crippen molar-refractivity contribution < 1.29 is 0 Å². The quantitative estimate of drug-likeness (QED) is 0.401. The predicted molar refractivity (Wildman–Crippen MR) is 77.8 cm³/mol. The molecule has 0 bridgehead atoms. The maximum atomic E-state index is 6.04. The fourth-order valence-corrected chi connectivity index (χ4v) is 3.26. The molecular weight excluding hydrogens is 309 g/mol. The highest BCUT2D eigenvalue weighted by Crippen LogP contribution is 2.29. The minimum absolute atomic E-state index is 0.550. The molecule has 0 atom stereocenters. The van der Waals surface area contributed by atoms with E-state index in [4.69, 9.17) is 23.2 Å². The first-order chi connectivity index (χ1) is 8.56. The lowest BCUT2D eigenvalue weighted by molar-refractivity contribution is 0.867. The van der Waals surface area contributed by atoms with Crippen LogP contribution in [0.4, 0.5) is 0 Å². The van der Waals surface area contributed by atoms with Crippen molar-refractivity contribution in [1.82, 2.24) is 15.0 Å². The zero-order valence-corrected chi connectivity index (χ0v) is 12.6. The molecule has 0 aromatic carbocycles. The van der Waals surface area contributed by atoms with E-state index in [1.54, 1.807) is 18.5 Å². The van der Waals surface area contributed by atoms with Crippen LogP contribution < -0.4 is 0 Å². The van der Waals surface area contributed by atoms with E-state index in [9.17, 15) is 0 Å². The molecule has 7 heteroatoms. The van der Waals surface area contributed by atoms with Gasteiger partial charge in [0.2, 0.25) is 0 Å². The van der Waals surface area contributed by atoms with Crippen molar-refractivity contribution in [3.63, 3.8) is 0 Å². The van der Waals surface area contributed by atoms with Crippen molar-refractivity contribution in [1.29, 1.82) is 0 Å². The van der Waals surface area contributed by atoms with Gasteiger partial charge in [-0.1, -0.05) is 35.0 Å². The number of pyridine rings is 1. The monoisotopic (exact) mass is 317 g/mol. The lowest BCUT2D eigenvalue weighted by Crippen LogP contribution is -1.93. The van der Waals surface area contributed by atoms with Crippen LogP contribution in [-0.2, 0) is 5.75 Å². The molecule has 2 rings (SSSR count). The zero-order valence-electron chi connectivity index (χ0n) is 9.39. The number of hydrogen-bond acceptors (Lipinski definition) is 5. The van der Waals surface area contributed by atoms with Crippen LogP contribution in [0.15, 0.2) is 28.6 Å². The third-order valence-electron chi connectivity index (χ3n) is 2.12. The number of aromatic nitrogens is 3. The number of aryl methyl sites for hydroxylation is 1. The van der Waals surface area contributed by atoms with Gasteiger partial charge in [0, 0.05) is 29.4 Å². The zero-order chi connectivity index (χ0) is 13.1. The molecule has 0 saturated carbocycles. The van der Waals surface area contributed by atoms with Crippen molar-refractivity contribution in [3.8, 4) is 0 Å². The predicted octanol–water partition coefficient (Wildman–Crippen LogP) is 4.07. The van der Waals surface area contributed by atoms with Gasteiger partial charge in [-0.3, -0.25) is 4.98 Å². The normalized spacial score (nSPS) is 10.7. The summed E-state index contributed by atoms with van der Waals surface area (Å²) in [6, 6.07) is 1.81. The van der Waals surface area contributed by atoms with Crippen LogP contribution >= 0.6 is 47.6 Å². The van der Waals surface area contributed by atoms with Crippen LogP contribution in [0.2, 0.25) is 10.0 Å². The van der Waals surface area contributed by atoms with Gasteiger partial charge >= 0.3 is 0 Å². The number of thioether (sulfide) groups is 1. The van der Waals surface area contributed by atoms with Gasteiger partial charge in [0.05, 0.1) is 15.1 Å². The van der Waals surface area contributed by atoms with E-state index in [2.05, 4.69) is 27.6 Å². The molecule has 0 amide bonds. The van der Waals surface area contributed by atoms with Gasteiger partial charge in [-0.15, -0.1) is 12.6 Å². The molecule has 18 heavy (non-hydrogen) atoms. The fraction of sp³-hybridized carbons (Fsp3) is 0.182. The number of thiol groups is 1. The SMILES string of the molecule is Cc1cc(S)nc(SCc2c(Cl)cncc2Cl)n1. The lowest BCUT2D eigenvalue weighted by atomic mass is 10.3. The van der Waals surface area contributed by atoms with Crippen LogP contribution in [0.5, 0.6) is 0 Å². The van der Waals surface area contributed by atoms with E-state index in [1.807, 2.05) is 6.92 Å². The Morgan fingerprint density at radius 2 is 1.89 bits per heavy atom. The van der Waals surface area contributed by atoms with Gasteiger partial charge in [0.1, 0.15) is 0 Å². The third kappa shape index (κ3) is 3.51. The highest BCUT2D eigenvalue weighted by Gasteiger charge is 2.08. The summed E-state index contributed by atoms with van der Waals surface area (Å²) in [5, 5.41) is 2.41. The van der Waals surface area contributed by atoms with E-state index in [0.29, 0.717) is 26.0 Å². The Kier molecular flexibility index (Phi) is 4.72. The van der Waals surface area contributed by atoms with Crippen molar-refractivity contribution in [2.75, 3.05) is 0 Å². The van der Waals surface area contributed by atoms with Crippen LogP contribution in [0.25, 0.3) is 0 Å². The molecule has 0 saturated heterocycles. The Morgan fingerprint density at radius 3 is 2.50 bits per heavy atom. The molecule has 0 fully saturated rings. The van der Waals surface area contributed by atoms with E-state index in [1.165, 1.54) is 11.8 Å². The smallest absolute Gasteiger partial charge is 0.189 e. The van der Waals surface area contributed by atoms with Crippen LogP contribution in [0.3, 0.4) is 0 Å². The number of rotatable bonds is 3. The second kappa shape index (κ2) is 6.10. The van der Waals surface area contributed by atoms with Crippen molar-refractivity contribution in [2.45, 2.75) is 22.9 Å². The Balaban J connectivity index is 2.16. The summed E-state index contributed by atoms with van der Waals surface area (Å²) in [5.41, 5.74) is 1.72. The van der Waals surface area contributed by atoms with E-state index in [-0.39, 0.29) is 0 Å². The van der Waals surface area contributed by atoms with Crippen LogP contribution in [-0.4, -0.2) is 15.0 Å². The summed E-state index contributed by atoms with van der Waals surface area (Å²) >= 11 is 17.8. The molecule has 0 aliphatic carbocycles. The first-order valence-corrected chi connectivity index (χ1v) is 7.20. The van der Waals surface area contributed by atoms with Crippen molar-refractivity contribution in [2.24, 2.45) is 0 Å². The number of hydrogen-bond donors (Lipinski definition) is 1. The largest absolute Gasteiger partial charge is 0.262 e. The minimum Gasteiger partial charge on any atom is -0.262 e. The van der Waals surface area contributed by atoms with Gasteiger partial charge in [0.25, 0.3) is 0 Å². The second-order valence-corrected chi connectivity index (χ2v) is 5.74. The maximum absolute atomic E-state index is 6.04. The Labute approximate surface area is 125 Å². The molecule has 0 unspecified atom stereocenters. The van der Waals surface area contributed by atoms with Gasteiger partial charge in [0.15, 0.2) is 5.16 Å². The highest BCUT2D eigenvalue weighted by atomic mass is 35.5. The Morgan fingerprint density at radius 1 is 1.22 bits per heavy atom. The third-order valence-corrected chi connectivity index (χ3v) is 3.87.